The van der Waals surface area contributed by atoms with Crippen LogP contribution in [0.3, 0.4) is 0 Å². The van der Waals surface area contributed by atoms with Crippen molar-refractivity contribution >= 4 is 52.3 Å². The van der Waals surface area contributed by atoms with Gasteiger partial charge in [-0.2, -0.15) is 0 Å². The van der Waals surface area contributed by atoms with E-state index in [0.717, 1.165) is 22.0 Å². The number of hydrogen-bond donors (Lipinski definition) is 9. The van der Waals surface area contributed by atoms with Gasteiger partial charge in [-0.1, -0.05) is 78.9 Å². The average molecular weight is 833 g/mol. The van der Waals surface area contributed by atoms with Crippen molar-refractivity contribution in [3.63, 3.8) is 0 Å². The number of aromatic nitrogens is 3. The van der Waals surface area contributed by atoms with Crippen molar-refractivity contribution in [1.82, 2.24) is 41.1 Å². The van der Waals surface area contributed by atoms with Crippen molar-refractivity contribution < 1.29 is 28.8 Å². The van der Waals surface area contributed by atoms with E-state index in [1.807, 2.05) is 30.3 Å². The molecule has 5 aromatic rings. The number of benzene rings is 3. The number of fused-ring (bicyclic) bond motifs is 1. The van der Waals surface area contributed by atoms with Gasteiger partial charge in [-0.3, -0.25) is 33.8 Å². The number of rotatable bonds is 22. The molecule has 0 spiro atoms. The van der Waals surface area contributed by atoms with Crippen molar-refractivity contribution in [3.8, 4) is 0 Å². The molecule has 0 aliphatic rings. The fraction of sp³-hybridized carbons (Fsp3) is 0.302. The van der Waals surface area contributed by atoms with Crippen LogP contribution in [-0.4, -0.2) is 98.5 Å². The molecule has 12 N–H and O–H groups in total. The first-order chi connectivity index (χ1) is 29.4. The first kappa shape index (κ1) is 44.6. The van der Waals surface area contributed by atoms with E-state index in [0.29, 0.717) is 11.3 Å². The fourth-order valence-corrected chi connectivity index (χ4v) is 6.83. The molecule has 4 atom stereocenters. The lowest BCUT2D eigenvalue weighted by Crippen LogP contribution is -2.58. The molecule has 6 amide bonds. The van der Waals surface area contributed by atoms with Crippen molar-refractivity contribution in [1.29, 1.82) is 0 Å². The molecule has 0 aliphatic carbocycles. The lowest BCUT2D eigenvalue weighted by Gasteiger charge is -2.29. The maximum absolute atomic E-state index is 14.3. The summed E-state index contributed by atoms with van der Waals surface area (Å²) in [6, 6.07) is 20.8. The SMILES string of the molecule is CC(=O)N[C@@H](Cc1cnc[nH]1)C(=O)N(CC(=O)N[C@H](Cc1ccccc1)C(=O)N[C@@H](CCCN=C(N)N)C(=O)N[C@@H](Cc1c[nH]c2ccccc12)C(N)=O)Cc1ccccc1. The molecule has 18 nitrogen and oxygen atoms in total. The molecule has 5 rings (SSSR count). The average Bonchev–Trinajstić information content (AvgIpc) is 3.91. The zero-order valence-electron chi connectivity index (χ0n) is 33.8. The van der Waals surface area contributed by atoms with E-state index in [2.05, 4.69) is 41.2 Å². The third kappa shape index (κ3) is 13.8. The number of H-pyrrole nitrogens is 2. The number of nitrogens with zero attached hydrogens (tertiary/aromatic N) is 3. The number of para-hydroxylation sites is 1. The summed E-state index contributed by atoms with van der Waals surface area (Å²) in [7, 11) is 0. The molecule has 0 bridgehead atoms. The van der Waals surface area contributed by atoms with Crippen LogP contribution in [0.5, 0.6) is 0 Å². The number of aromatic amines is 2. The minimum absolute atomic E-state index is 0.0132. The summed E-state index contributed by atoms with van der Waals surface area (Å²) < 4.78 is 0. The Morgan fingerprint density at radius 2 is 1.38 bits per heavy atom. The van der Waals surface area contributed by atoms with E-state index in [4.69, 9.17) is 17.2 Å². The smallest absolute Gasteiger partial charge is 0.246 e. The lowest BCUT2D eigenvalue weighted by atomic mass is 10.0. The van der Waals surface area contributed by atoms with Gasteiger partial charge in [0.05, 0.1) is 12.9 Å². The molecule has 0 fully saturated rings. The van der Waals surface area contributed by atoms with Crippen LogP contribution < -0.4 is 38.5 Å². The highest BCUT2D eigenvalue weighted by Gasteiger charge is 2.32. The van der Waals surface area contributed by atoms with E-state index >= 15 is 0 Å². The molecular weight excluding hydrogens is 781 g/mol. The Morgan fingerprint density at radius 3 is 2.03 bits per heavy atom. The Balaban J connectivity index is 1.37. The Morgan fingerprint density at radius 1 is 0.721 bits per heavy atom. The van der Waals surface area contributed by atoms with E-state index in [-0.39, 0.29) is 51.2 Å². The molecule has 2 heterocycles. The molecule has 0 radical (unpaired) electrons. The molecule has 0 saturated heterocycles. The van der Waals surface area contributed by atoms with Crippen LogP contribution in [0.15, 0.2) is 109 Å². The summed E-state index contributed by atoms with van der Waals surface area (Å²) in [5.41, 5.74) is 20.4. The van der Waals surface area contributed by atoms with Crippen molar-refractivity contribution in [2.75, 3.05) is 13.1 Å². The number of aliphatic imine (C=N–C) groups is 1. The number of amides is 6. The van der Waals surface area contributed by atoms with Crippen LogP contribution in [0.2, 0.25) is 0 Å². The largest absolute Gasteiger partial charge is 0.370 e. The van der Waals surface area contributed by atoms with Crippen LogP contribution in [-0.2, 0) is 54.6 Å². The fourth-order valence-electron chi connectivity index (χ4n) is 6.83. The first-order valence-electron chi connectivity index (χ1n) is 19.8. The van der Waals surface area contributed by atoms with Crippen LogP contribution in [0, 0.1) is 0 Å². The summed E-state index contributed by atoms with van der Waals surface area (Å²) >= 11 is 0. The number of nitrogens with two attached hydrogens (primary N) is 3. The van der Waals surface area contributed by atoms with Crippen molar-refractivity contribution in [2.45, 2.75) is 69.7 Å². The summed E-state index contributed by atoms with van der Waals surface area (Å²) in [5, 5.41) is 11.8. The van der Waals surface area contributed by atoms with E-state index in [1.165, 1.54) is 24.3 Å². The number of imidazole rings is 1. The summed E-state index contributed by atoms with van der Waals surface area (Å²) in [6.45, 7) is 0.966. The van der Waals surface area contributed by atoms with Gasteiger partial charge in [0.2, 0.25) is 35.4 Å². The number of carbonyl (C=O) groups excluding carboxylic acids is 6. The zero-order valence-corrected chi connectivity index (χ0v) is 33.8. The Bertz CT molecular complexity index is 2280. The Kier molecular flexibility index (Phi) is 16.1. The summed E-state index contributed by atoms with van der Waals surface area (Å²) in [4.78, 5) is 96.7. The van der Waals surface area contributed by atoms with Gasteiger partial charge in [-0.15, -0.1) is 0 Å². The number of guanidine groups is 1. The minimum Gasteiger partial charge on any atom is -0.370 e. The lowest BCUT2D eigenvalue weighted by molar-refractivity contribution is -0.140. The molecule has 2 aromatic heterocycles. The number of carbonyl (C=O) groups is 6. The molecule has 3 aromatic carbocycles. The topological polar surface area (TPSA) is 289 Å². The highest BCUT2D eigenvalue weighted by atomic mass is 16.2. The van der Waals surface area contributed by atoms with Gasteiger partial charge in [0, 0.05) is 68.3 Å². The molecular formula is C43H52N12O6. The maximum atomic E-state index is 14.3. The van der Waals surface area contributed by atoms with Crippen molar-refractivity contribution in [2.24, 2.45) is 22.2 Å². The standard InChI is InChI=1S/C43H52N12O6/c1-27(56)51-37(21-31-23-47-26-50-31)42(61)55(24-29-13-6-3-7-14-29)25-38(57)52-36(19-28-11-4-2-5-12-28)41(60)53-34(17-10-18-48-43(45)46)40(59)54-35(39(44)58)20-30-22-49-33-16-9-8-15-32(30)33/h2-9,11-16,22-23,26,34-37,49H,10,17-21,24-25H2,1H3,(H2,44,58)(H,47,50)(H,51,56)(H,52,57)(H,53,60)(H,54,59)(H4,45,46,48)/t34-,35-,36+,37-/m0/s1. The quantitative estimate of drug-likeness (QED) is 0.0265. The van der Waals surface area contributed by atoms with Gasteiger partial charge in [-0.25, -0.2) is 4.98 Å². The Hall–Kier alpha value is -7.50. The minimum atomic E-state index is -1.23. The molecule has 18 heteroatoms. The molecule has 0 unspecified atom stereocenters. The second-order valence-corrected chi connectivity index (χ2v) is 14.6. The summed E-state index contributed by atoms with van der Waals surface area (Å²) in [6.07, 6.45) is 5.23. The monoisotopic (exact) mass is 832 g/mol. The predicted octanol–water partition coefficient (Wildman–Crippen LogP) is 0.446. The number of nitrogens with one attached hydrogen (secondary N) is 6. The van der Waals surface area contributed by atoms with Crippen molar-refractivity contribution in [3.05, 3.63) is 126 Å². The van der Waals surface area contributed by atoms with Gasteiger partial charge in [0.1, 0.15) is 24.2 Å². The molecule has 61 heavy (non-hydrogen) atoms. The first-order valence-corrected chi connectivity index (χ1v) is 19.8. The number of hydrogen-bond acceptors (Lipinski definition) is 8. The van der Waals surface area contributed by atoms with Gasteiger partial charge < -0.3 is 53.3 Å². The third-order valence-electron chi connectivity index (χ3n) is 9.79. The highest BCUT2D eigenvalue weighted by molar-refractivity contribution is 5.96. The van der Waals surface area contributed by atoms with Crippen LogP contribution in [0.4, 0.5) is 0 Å². The van der Waals surface area contributed by atoms with Gasteiger partial charge in [0.15, 0.2) is 5.96 Å². The Labute approximate surface area is 352 Å². The zero-order chi connectivity index (χ0) is 43.7. The number of primary amides is 1. The van der Waals surface area contributed by atoms with Gasteiger partial charge in [0.25, 0.3) is 0 Å². The molecule has 0 saturated carbocycles. The predicted molar refractivity (Wildman–Crippen MR) is 229 cm³/mol. The van der Waals surface area contributed by atoms with Crippen LogP contribution in [0.25, 0.3) is 10.9 Å². The normalized spacial score (nSPS) is 12.9. The van der Waals surface area contributed by atoms with Crippen LogP contribution in [0.1, 0.15) is 42.1 Å². The molecule has 0 aliphatic heterocycles. The second-order valence-electron chi connectivity index (χ2n) is 14.6. The van der Waals surface area contributed by atoms with E-state index in [1.54, 1.807) is 60.8 Å². The molecule has 320 valence electrons. The van der Waals surface area contributed by atoms with Gasteiger partial charge >= 0.3 is 0 Å². The second kappa shape index (κ2) is 22.0. The van der Waals surface area contributed by atoms with Gasteiger partial charge in [-0.05, 0) is 35.6 Å². The van der Waals surface area contributed by atoms with Crippen LogP contribution >= 0.6 is 0 Å². The van der Waals surface area contributed by atoms with E-state index < -0.39 is 66.2 Å². The maximum Gasteiger partial charge on any atom is 0.246 e. The van der Waals surface area contributed by atoms with E-state index in [9.17, 15) is 28.8 Å². The third-order valence-corrected chi connectivity index (χ3v) is 9.79. The summed E-state index contributed by atoms with van der Waals surface area (Å²) in [5.74, 6) is -3.98. The highest BCUT2D eigenvalue weighted by Crippen LogP contribution is 2.19.